The van der Waals surface area contributed by atoms with Crippen LogP contribution in [0.5, 0.6) is 0 Å². The summed E-state index contributed by atoms with van der Waals surface area (Å²) in [4.78, 5) is 24.7. The van der Waals surface area contributed by atoms with Gasteiger partial charge in [0.2, 0.25) is 10.0 Å². The summed E-state index contributed by atoms with van der Waals surface area (Å²) in [6, 6.07) is 11.0. The Hall–Kier alpha value is -3.18. The Morgan fingerprint density at radius 2 is 1.60 bits per heavy atom. The number of rotatable bonds is 4. The van der Waals surface area contributed by atoms with Crippen molar-refractivity contribution in [2.24, 2.45) is 14.1 Å². The van der Waals surface area contributed by atoms with E-state index in [-0.39, 0.29) is 29.4 Å². The Balaban J connectivity index is 1.56. The second kappa shape index (κ2) is 7.26. The van der Waals surface area contributed by atoms with Crippen molar-refractivity contribution in [2.45, 2.75) is 4.90 Å². The molecular weight excluding hydrogens is 410 g/mol. The van der Waals surface area contributed by atoms with Crippen LogP contribution >= 0.6 is 0 Å². The van der Waals surface area contributed by atoms with E-state index in [2.05, 4.69) is 0 Å². The first-order valence-corrected chi connectivity index (χ1v) is 10.8. The fraction of sp³-hybridized carbons (Fsp3) is 0.316. The number of imidazole rings is 1. The number of hydrogen-bond acceptors (Lipinski definition) is 6. The molecule has 0 spiro atoms. The smallest absolute Gasteiger partial charge is 0.328 e. The highest BCUT2D eigenvalue weighted by atomic mass is 32.2. The van der Waals surface area contributed by atoms with Crippen LogP contribution in [0.1, 0.15) is 0 Å². The molecule has 30 heavy (non-hydrogen) atoms. The lowest BCUT2D eigenvalue weighted by atomic mass is 10.2. The Bertz CT molecular complexity index is 1300. The van der Waals surface area contributed by atoms with Gasteiger partial charge in [-0.3, -0.25) is 19.2 Å². The van der Waals surface area contributed by atoms with E-state index in [0.29, 0.717) is 29.8 Å². The number of benzene rings is 2. The monoisotopic (exact) mass is 431 g/mol. The summed E-state index contributed by atoms with van der Waals surface area (Å²) in [6.45, 7) is 1.37. The molecule has 0 amide bonds. The molecule has 0 saturated carbocycles. The van der Waals surface area contributed by atoms with Crippen LogP contribution in [0.3, 0.4) is 0 Å². The van der Waals surface area contributed by atoms with Gasteiger partial charge in [0, 0.05) is 58.1 Å². The average Bonchev–Trinajstić information content (AvgIpc) is 2.97. The van der Waals surface area contributed by atoms with Crippen LogP contribution in [0.25, 0.3) is 11.0 Å². The molecule has 4 rings (SSSR count). The first kappa shape index (κ1) is 20.1. The Morgan fingerprint density at radius 1 is 0.933 bits per heavy atom. The molecule has 158 valence electrons. The molecule has 0 bridgehead atoms. The number of hydrogen-bond donors (Lipinski definition) is 0. The van der Waals surface area contributed by atoms with E-state index in [1.807, 2.05) is 4.90 Å². The molecule has 2 aromatic carbocycles. The van der Waals surface area contributed by atoms with Gasteiger partial charge in [-0.1, -0.05) is 6.07 Å². The molecule has 0 atom stereocenters. The molecule has 3 aromatic rings. The second-order valence-corrected chi connectivity index (χ2v) is 9.16. The topological polar surface area (TPSA) is 111 Å². The van der Waals surface area contributed by atoms with Crippen molar-refractivity contribution in [1.29, 1.82) is 0 Å². The van der Waals surface area contributed by atoms with E-state index in [9.17, 15) is 23.3 Å². The van der Waals surface area contributed by atoms with E-state index in [4.69, 9.17) is 0 Å². The van der Waals surface area contributed by atoms with Crippen LogP contribution in [0, 0.1) is 10.1 Å². The van der Waals surface area contributed by atoms with Gasteiger partial charge in [-0.2, -0.15) is 4.31 Å². The number of anilines is 1. The lowest BCUT2D eigenvalue weighted by Crippen LogP contribution is -2.48. The maximum atomic E-state index is 13.1. The summed E-state index contributed by atoms with van der Waals surface area (Å²) in [7, 11) is -0.472. The number of aryl methyl sites for hydroxylation is 2. The van der Waals surface area contributed by atoms with Crippen molar-refractivity contribution < 1.29 is 13.3 Å². The minimum absolute atomic E-state index is 0.00401. The quantitative estimate of drug-likeness (QED) is 0.455. The van der Waals surface area contributed by atoms with Crippen molar-refractivity contribution in [2.75, 3.05) is 31.1 Å². The summed E-state index contributed by atoms with van der Waals surface area (Å²) in [5.41, 5.74) is 1.70. The second-order valence-electron chi connectivity index (χ2n) is 7.22. The molecule has 0 N–H and O–H groups in total. The number of aromatic nitrogens is 2. The molecule has 11 heteroatoms. The fourth-order valence-electron chi connectivity index (χ4n) is 3.79. The van der Waals surface area contributed by atoms with E-state index >= 15 is 0 Å². The van der Waals surface area contributed by atoms with E-state index in [1.165, 1.54) is 37.7 Å². The zero-order valence-electron chi connectivity index (χ0n) is 16.6. The van der Waals surface area contributed by atoms with Gasteiger partial charge >= 0.3 is 5.69 Å². The number of nitrogens with zero attached hydrogens (tertiary/aromatic N) is 5. The van der Waals surface area contributed by atoms with Gasteiger partial charge in [0.1, 0.15) is 0 Å². The van der Waals surface area contributed by atoms with Gasteiger partial charge in [0.05, 0.1) is 20.9 Å². The molecule has 0 radical (unpaired) electrons. The van der Waals surface area contributed by atoms with E-state index in [0.717, 1.165) is 0 Å². The standard InChI is InChI=1S/C19H21N5O5S/c1-20-17-7-6-16(13-18(17)21(2)19(20)25)30(28,29)23-10-8-22(9-11-23)14-4-3-5-15(12-14)24(26)27/h3-7,12-13H,8-11H2,1-2H3. The molecule has 1 saturated heterocycles. The van der Waals surface area contributed by atoms with Crippen molar-refractivity contribution in [1.82, 2.24) is 13.4 Å². The summed E-state index contributed by atoms with van der Waals surface area (Å²) >= 11 is 0. The Kier molecular flexibility index (Phi) is 4.86. The SMILES string of the molecule is Cn1c(=O)n(C)c2cc(S(=O)(=O)N3CCN(c4cccc([N+](=O)[O-])c4)CC3)ccc21. The minimum Gasteiger partial charge on any atom is -0.369 e. The van der Waals surface area contributed by atoms with Gasteiger partial charge in [0.25, 0.3) is 5.69 Å². The number of sulfonamides is 1. The van der Waals surface area contributed by atoms with Gasteiger partial charge in [-0.15, -0.1) is 0 Å². The number of fused-ring (bicyclic) bond motifs is 1. The summed E-state index contributed by atoms with van der Waals surface area (Å²) in [6.07, 6.45) is 0. The molecule has 1 aliphatic rings. The van der Waals surface area contributed by atoms with E-state index < -0.39 is 14.9 Å². The third-order valence-electron chi connectivity index (χ3n) is 5.53. The predicted octanol–water partition coefficient (Wildman–Crippen LogP) is 1.30. The van der Waals surface area contributed by atoms with Crippen molar-refractivity contribution >= 4 is 32.4 Å². The largest absolute Gasteiger partial charge is 0.369 e. The maximum Gasteiger partial charge on any atom is 0.328 e. The average molecular weight is 431 g/mol. The highest BCUT2D eigenvalue weighted by molar-refractivity contribution is 7.89. The first-order valence-electron chi connectivity index (χ1n) is 9.35. The zero-order chi connectivity index (χ0) is 21.6. The third kappa shape index (κ3) is 3.25. The van der Waals surface area contributed by atoms with Gasteiger partial charge in [0.15, 0.2) is 0 Å². The maximum absolute atomic E-state index is 13.1. The number of nitro benzene ring substituents is 1. The van der Waals surface area contributed by atoms with Gasteiger partial charge in [-0.25, -0.2) is 13.2 Å². The summed E-state index contributed by atoms with van der Waals surface area (Å²) in [5, 5.41) is 11.0. The van der Waals surface area contributed by atoms with E-state index in [1.54, 1.807) is 32.3 Å². The van der Waals surface area contributed by atoms with Crippen LogP contribution in [0.2, 0.25) is 0 Å². The summed E-state index contributed by atoms with van der Waals surface area (Å²) < 4.78 is 30.6. The lowest BCUT2D eigenvalue weighted by Gasteiger charge is -2.35. The zero-order valence-corrected chi connectivity index (χ0v) is 17.4. The summed E-state index contributed by atoms with van der Waals surface area (Å²) in [5.74, 6) is 0. The molecule has 0 aliphatic carbocycles. The molecule has 1 fully saturated rings. The molecule has 10 nitrogen and oxygen atoms in total. The molecule has 0 unspecified atom stereocenters. The van der Waals surface area contributed by atoms with Crippen LogP contribution in [-0.2, 0) is 24.1 Å². The van der Waals surface area contributed by atoms with Crippen LogP contribution in [0.4, 0.5) is 11.4 Å². The van der Waals surface area contributed by atoms with Crippen LogP contribution in [0.15, 0.2) is 52.2 Å². The predicted molar refractivity (Wildman–Crippen MR) is 112 cm³/mol. The van der Waals surface area contributed by atoms with Crippen LogP contribution < -0.4 is 10.6 Å². The first-order chi connectivity index (χ1) is 14.2. The van der Waals surface area contributed by atoms with Crippen molar-refractivity contribution in [3.8, 4) is 0 Å². The van der Waals surface area contributed by atoms with Crippen LogP contribution in [-0.4, -0.2) is 53.0 Å². The highest BCUT2D eigenvalue weighted by Gasteiger charge is 2.29. The highest BCUT2D eigenvalue weighted by Crippen LogP contribution is 2.25. The van der Waals surface area contributed by atoms with Crippen molar-refractivity contribution in [3.05, 3.63) is 63.1 Å². The lowest BCUT2D eigenvalue weighted by molar-refractivity contribution is -0.384. The molecule has 2 heterocycles. The molecular formula is C19H21N5O5S. The van der Waals surface area contributed by atoms with Crippen molar-refractivity contribution in [3.63, 3.8) is 0 Å². The minimum atomic E-state index is -3.73. The fourth-order valence-corrected chi connectivity index (χ4v) is 5.23. The Labute approximate surface area is 172 Å². The molecule has 1 aliphatic heterocycles. The number of non-ortho nitro benzene ring substituents is 1. The molecule has 1 aromatic heterocycles. The number of nitro groups is 1. The number of piperazine rings is 1. The van der Waals surface area contributed by atoms with Gasteiger partial charge in [-0.05, 0) is 24.3 Å². The third-order valence-corrected chi connectivity index (χ3v) is 7.42. The Morgan fingerprint density at radius 3 is 2.27 bits per heavy atom. The normalized spacial score (nSPS) is 15.6. The van der Waals surface area contributed by atoms with Gasteiger partial charge < -0.3 is 4.90 Å².